The first-order valence-electron chi connectivity index (χ1n) is 6.67. The van der Waals surface area contributed by atoms with Crippen LogP contribution in [-0.4, -0.2) is 28.7 Å². The molecule has 0 unspecified atom stereocenters. The molecule has 2 aliphatic rings. The molecular weight excluding hydrogens is 228 g/mol. The lowest BCUT2D eigenvalue weighted by Crippen LogP contribution is -2.42. The minimum absolute atomic E-state index is 0.00324. The fraction of sp³-hybridized carbons (Fsp3) is 0.667. The Morgan fingerprint density at radius 3 is 2.72 bits per heavy atom. The third-order valence-corrected chi connectivity index (χ3v) is 4.54. The summed E-state index contributed by atoms with van der Waals surface area (Å²) in [7, 11) is 0. The molecule has 2 aliphatic carbocycles. The summed E-state index contributed by atoms with van der Waals surface area (Å²) in [5.41, 5.74) is 1.32. The van der Waals surface area contributed by atoms with Crippen LogP contribution in [-0.2, 0) is 4.79 Å². The van der Waals surface area contributed by atoms with Gasteiger partial charge in [-0.15, -0.1) is 0 Å². The van der Waals surface area contributed by atoms with Crippen LogP contribution >= 0.6 is 0 Å². The zero-order chi connectivity index (χ0) is 13.4. The Labute approximate surface area is 108 Å². The van der Waals surface area contributed by atoms with Gasteiger partial charge in [0.2, 0.25) is 0 Å². The Morgan fingerprint density at radius 2 is 2.17 bits per heavy atom. The van der Waals surface area contributed by atoms with Crippen molar-refractivity contribution in [1.82, 2.24) is 0 Å². The van der Waals surface area contributed by atoms with Gasteiger partial charge >= 0.3 is 0 Å². The van der Waals surface area contributed by atoms with Gasteiger partial charge in [0.05, 0.1) is 12.7 Å². The van der Waals surface area contributed by atoms with Crippen molar-refractivity contribution in [3.63, 3.8) is 0 Å². The van der Waals surface area contributed by atoms with E-state index in [4.69, 9.17) is 0 Å². The van der Waals surface area contributed by atoms with E-state index in [0.717, 1.165) is 5.57 Å². The fourth-order valence-corrected chi connectivity index (χ4v) is 3.38. The standard InChI is InChI=1S/C15H22O3/c1-8(2)11-5-14(17)9(3)12-6-15(18)10(7-16)4-13(11)12/h4,8,11-14,16-17H,3,5-7H2,1-2H3/t11-,12-,13-,14+/m1/s1. The molecule has 2 N–H and O–H groups in total. The van der Waals surface area contributed by atoms with Crippen molar-refractivity contribution >= 4 is 5.78 Å². The molecule has 0 aromatic rings. The van der Waals surface area contributed by atoms with E-state index in [2.05, 4.69) is 20.4 Å². The summed E-state index contributed by atoms with van der Waals surface area (Å²) in [6, 6.07) is 0. The van der Waals surface area contributed by atoms with Crippen LogP contribution in [0.15, 0.2) is 23.8 Å². The number of aliphatic hydroxyl groups excluding tert-OH is 2. The van der Waals surface area contributed by atoms with Crippen LogP contribution in [0.4, 0.5) is 0 Å². The lowest BCUT2D eigenvalue weighted by molar-refractivity contribution is -0.118. The number of rotatable bonds is 2. The second kappa shape index (κ2) is 4.98. The van der Waals surface area contributed by atoms with Crippen LogP contribution in [0.2, 0.25) is 0 Å². The van der Waals surface area contributed by atoms with Gasteiger partial charge < -0.3 is 10.2 Å². The van der Waals surface area contributed by atoms with E-state index in [1.54, 1.807) is 0 Å². The normalized spacial score (nSPS) is 36.6. The van der Waals surface area contributed by atoms with E-state index >= 15 is 0 Å². The van der Waals surface area contributed by atoms with E-state index in [-0.39, 0.29) is 24.2 Å². The van der Waals surface area contributed by atoms with Gasteiger partial charge in [-0.05, 0) is 35.7 Å². The smallest absolute Gasteiger partial charge is 0.161 e. The summed E-state index contributed by atoms with van der Waals surface area (Å²) in [6.45, 7) is 8.07. The first-order chi connectivity index (χ1) is 8.45. The van der Waals surface area contributed by atoms with Gasteiger partial charge in [0.25, 0.3) is 0 Å². The van der Waals surface area contributed by atoms with Crippen LogP contribution in [0.3, 0.4) is 0 Å². The minimum Gasteiger partial charge on any atom is -0.392 e. The highest BCUT2D eigenvalue weighted by Crippen LogP contribution is 2.46. The van der Waals surface area contributed by atoms with E-state index in [9.17, 15) is 15.0 Å². The summed E-state index contributed by atoms with van der Waals surface area (Å²) < 4.78 is 0. The van der Waals surface area contributed by atoms with Gasteiger partial charge in [-0.1, -0.05) is 26.5 Å². The van der Waals surface area contributed by atoms with Gasteiger partial charge in [-0.2, -0.15) is 0 Å². The molecule has 1 saturated carbocycles. The van der Waals surface area contributed by atoms with Gasteiger partial charge in [0, 0.05) is 12.0 Å². The quantitative estimate of drug-likeness (QED) is 0.733. The largest absolute Gasteiger partial charge is 0.392 e. The van der Waals surface area contributed by atoms with E-state index in [0.29, 0.717) is 30.3 Å². The van der Waals surface area contributed by atoms with Crippen LogP contribution in [0.1, 0.15) is 26.7 Å². The van der Waals surface area contributed by atoms with Gasteiger partial charge in [0.1, 0.15) is 0 Å². The number of hydrogen-bond donors (Lipinski definition) is 2. The lowest BCUT2D eigenvalue weighted by Gasteiger charge is -2.44. The number of carbonyl (C=O) groups is 1. The molecule has 0 amide bonds. The maximum absolute atomic E-state index is 11.9. The van der Waals surface area contributed by atoms with Gasteiger partial charge in [-0.3, -0.25) is 4.79 Å². The molecule has 0 radical (unpaired) electrons. The molecule has 0 bridgehead atoms. The lowest BCUT2D eigenvalue weighted by atomic mass is 9.61. The third-order valence-electron chi connectivity index (χ3n) is 4.54. The maximum Gasteiger partial charge on any atom is 0.161 e. The second-order valence-corrected chi connectivity index (χ2v) is 5.90. The van der Waals surface area contributed by atoms with Crippen molar-refractivity contribution in [2.24, 2.45) is 23.7 Å². The highest BCUT2D eigenvalue weighted by Gasteiger charge is 2.43. The van der Waals surface area contributed by atoms with Crippen LogP contribution in [0.5, 0.6) is 0 Å². The predicted octanol–water partition coefficient (Wildman–Crippen LogP) is 1.70. The van der Waals surface area contributed by atoms with Crippen molar-refractivity contribution < 1.29 is 15.0 Å². The molecule has 18 heavy (non-hydrogen) atoms. The summed E-state index contributed by atoms with van der Waals surface area (Å²) in [5.74, 6) is 1.08. The van der Waals surface area contributed by atoms with E-state index < -0.39 is 6.10 Å². The Hall–Kier alpha value is -0.930. The summed E-state index contributed by atoms with van der Waals surface area (Å²) in [5, 5.41) is 19.3. The van der Waals surface area contributed by atoms with Crippen LogP contribution in [0, 0.1) is 23.7 Å². The van der Waals surface area contributed by atoms with Crippen molar-refractivity contribution in [2.45, 2.75) is 32.8 Å². The fourth-order valence-electron chi connectivity index (χ4n) is 3.38. The molecule has 0 aromatic heterocycles. The maximum atomic E-state index is 11.9. The summed E-state index contributed by atoms with van der Waals surface area (Å²) in [6.07, 6.45) is 2.53. The van der Waals surface area contributed by atoms with E-state index in [1.807, 2.05) is 6.08 Å². The molecule has 0 heterocycles. The van der Waals surface area contributed by atoms with Crippen molar-refractivity contribution in [3.8, 4) is 0 Å². The molecule has 0 aliphatic heterocycles. The molecule has 1 fully saturated rings. The topological polar surface area (TPSA) is 57.5 Å². The Balaban J connectivity index is 2.36. The second-order valence-electron chi connectivity index (χ2n) is 5.90. The highest BCUT2D eigenvalue weighted by atomic mass is 16.3. The molecule has 3 nitrogen and oxygen atoms in total. The molecule has 3 heteroatoms. The van der Waals surface area contributed by atoms with Crippen LogP contribution < -0.4 is 0 Å². The van der Waals surface area contributed by atoms with Gasteiger partial charge in [0.15, 0.2) is 5.78 Å². The van der Waals surface area contributed by atoms with Crippen molar-refractivity contribution in [2.75, 3.05) is 6.61 Å². The minimum atomic E-state index is -0.490. The Bertz CT molecular complexity index is 395. The number of aliphatic hydroxyl groups is 2. The summed E-state index contributed by atoms with van der Waals surface area (Å²) >= 11 is 0. The molecule has 0 saturated heterocycles. The first kappa shape index (κ1) is 13.5. The SMILES string of the molecule is C=C1[C@H]2CC(=O)C(CO)=C[C@@H]2[C@@H](C(C)C)C[C@@H]1O. The summed E-state index contributed by atoms with van der Waals surface area (Å²) in [4.78, 5) is 11.9. The molecular formula is C15H22O3. The molecule has 2 rings (SSSR count). The number of hydrogen-bond acceptors (Lipinski definition) is 3. The monoisotopic (exact) mass is 250 g/mol. The van der Waals surface area contributed by atoms with Crippen molar-refractivity contribution in [1.29, 1.82) is 0 Å². The Morgan fingerprint density at radius 1 is 1.50 bits per heavy atom. The third kappa shape index (κ3) is 2.17. The number of fused-ring (bicyclic) bond motifs is 1. The number of ketones is 1. The first-order valence-corrected chi connectivity index (χ1v) is 6.67. The number of carbonyl (C=O) groups excluding carboxylic acids is 1. The highest BCUT2D eigenvalue weighted by molar-refractivity contribution is 5.97. The average molecular weight is 250 g/mol. The molecule has 4 atom stereocenters. The molecule has 100 valence electrons. The number of allylic oxidation sites excluding steroid dienone is 1. The average Bonchev–Trinajstić information content (AvgIpc) is 2.33. The van der Waals surface area contributed by atoms with Gasteiger partial charge in [-0.25, -0.2) is 0 Å². The number of Topliss-reactive ketones (excluding diaryl/α,β-unsaturated/α-hetero) is 1. The zero-order valence-electron chi connectivity index (χ0n) is 11.1. The molecule has 0 aromatic carbocycles. The predicted molar refractivity (Wildman–Crippen MR) is 69.9 cm³/mol. The van der Waals surface area contributed by atoms with E-state index in [1.165, 1.54) is 0 Å². The zero-order valence-corrected chi connectivity index (χ0v) is 11.1. The van der Waals surface area contributed by atoms with Crippen molar-refractivity contribution in [3.05, 3.63) is 23.8 Å². The molecule has 0 spiro atoms. The Kier molecular flexibility index (Phi) is 3.74. The van der Waals surface area contributed by atoms with Crippen LogP contribution in [0.25, 0.3) is 0 Å².